The molecule has 0 aliphatic carbocycles. The zero-order valence-corrected chi connectivity index (χ0v) is 14.3. The molecule has 0 fully saturated rings. The van der Waals surface area contributed by atoms with E-state index in [-0.39, 0.29) is 6.79 Å². The van der Waals surface area contributed by atoms with Crippen molar-refractivity contribution in [3.63, 3.8) is 0 Å². The molecule has 0 saturated carbocycles. The molecule has 0 bridgehead atoms. The summed E-state index contributed by atoms with van der Waals surface area (Å²) in [5, 5.41) is 3.86. The number of methoxy groups -OCH3 is 1. The lowest BCUT2D eigenvalue weighted by atomic mass is 10.2. The lowest BCUT2D eigenvalue weighted by Crippen LogP contribution is -1.97. The summed E-state index contributed by atoms with van der Waals surface area (Å²) >= 11 is 6.17. The van der Waals surface area contributed by atoms with E-state index in [2.05, 4.69) is 5.32 Å². The van der Waals surface area contributed by atoms with E-state index in [0.29, 0.717) is 17.3 Å². The Labute approximate surface area is 150 Å². The number of benzene rings is 2. The summed E-state index contributed by atoms with van der Waals surface area (Å²) in [5.41, 5.74) is 1.84. The number of furan rings is 1. The van der Waals surface area contributed by atoms with Crippen molar-refractivity contribution < 1.29 is 18.6 Å². The lowest BCUT2D eigenvalue weighted by molar-refractivity contribution is 0.174. The maximum Gasteiger partial charge on any atom is 0.231 e. The third kappa shape index (κ3) is 3.23. The van der Waals surface area contributed by atoms with E-state index in [4.69, 9.17) is 30.2 Å². The van der Waals surface area contributed by atoms with E-state index >= 15 is 0 Å². The van der Waals surface area contributed by atoms with Crippen molar-refractivity contribution in [1.82, 2.24) is 0 Å². The minimum absolute atomic E-state index is 0.269. The van der Waals surface area contributed by atoms with Crippen LogP contribution in [-0.4, -0.2) is 13.9 Å². The van der Waals surface area contributed by atoms with Crippen molar-refractivity contribution >= 4 is 17.3 Å². The Hall–Kier alpha value is -2.79. The van der Waals surface area contributed by atoms with Crippen molar-refractivity contribution in [3.8, 4) is 28.6 Å². The molecule has 1 aromatic heterocycles. The maximum absolute atomic E-state index is 6.17. The normalized spacial score (nSPS) is 12.2. The lowest BCUT2D eigenvalue weighted by Gasteiger charge is -2.06. The third-order valence-corrected chi connectivity index (χ3v) is 4.23. The monoisotopic (exact) mass is 357 g/mol. The van der Waals surface area contributed by atoms with Crippen LogP contribution in [0.2, 0.25) is 5.02 Å². The van der Waals surface area contributed by atoms with Crippen LogP contribution in [-0.2, 0) is 6.54 Å². The summed E-state index contributed by atoms with van der Waals surface area (Å²) in [6, 6.07) is 15.2. The fourth-order valence-corrected chi connectivity index (χ4v) is 2.90. The largest absolute Gasteiger partial charge is 0.495 e. The molecule has 2 heterocycles. The van der Waals surface area contributed by atoms with E-state index in [1.54, 1.807) is 7.11 Å². The van der Waals surface area contributed by atoms with Gasteiger partial charge in [0.05, 0.1) is 18.7 Å². The molecule has 0 radical (unpaired) electrons. The molecule has 1 aliphatic heterocycles. The van der Waals surface area contributed by atoms with Crippen molar-refractivity contribution in [2.45, 2.75) is 6.54 Å². The number of rotatable bonds is 5. The van der Waals surface area contributed by atoms with Gasteiger partial charge in [0.15, 0.2) is 11.5 Å². The Balaban J connectivity index is 1.45. The summed E-state index contributed by atoms with van der Waals surface area (Å²) in [4.78, 5) is 0. The molecule has 2 aromatic carbocycles. The highest BCUT2D eigenvalue weighted by Gasteiger charge is 2.13. The summed E-state index contributed by atoms with van der Waals surface area (Å²) in [7, 11) is 1.59. The van der Waals surface area contributed by atoms with Crippen molar-refractivity contribution in [3.05, 3.63) is 59.3 Å². The molecule has 25 heavy (non-hydrogen) atoms. The summed E-state index contributed by atoms with van der Waals surface area (Å²) < 4.78 is 21.7. The van der Waals surface area contributed by atoms with Crippen molar-refractivity contribution in [2.75, 3.05) is 19.2 Å². The smallest absolute Gasteiger partial charge is 0.231 e. The first kappa shape index (κ1) is 15.7. The second kappa shape index (κ2) is 6.61. The molecule has 1 N–H and O–H groups in total. The fraction of sp³-hybridized carbons (Fsp3) is 0.158. The molecular weight excluding hydrogens is 342 g/mol. The maximum atomic E-state index is 6.17. The van der Waals surface area contributed by atoms with Gasteiger partial charge in [-0.1, -0.05) is 11.6 Å². The van der Waals surface area contributed by atoms with E-state index in [1.807, 2.05) is 48.5 Å². The molecule has 1 aliphatic rings. The first-order valence-electron chi connectivity index (χ1n) is 7.79. The number of hydrogen-bond acceptors (Lipinski definition) is 5. The topological polar surface area (TPSA) is 52.9 Å². The molecule has 0 atom stereocenters. The van der Waals surface area contributed by atoms with Gasteiger partial charge in [-0.3, -0.25) is 0 Å². The Morgan fingerprint density at radius 3 is 2.76 bits per heavy atom. The van der Waals surface area contributed by atoms with Gasteiger partial charge in [0.2, 0.25) is 6.79 Å². The van der Waals surface area contributed by atoms with E-state index in [1.165, 1.54) is 0 Å². The van der Waals surface area contributed by atoms with E-state index < -0.39 is 0 Å². The van der Waals surface area contributed by atoms with Gasteiger partial charge in [0.1, 0.15) is 17.3 Å². The average molecular weight is 358 g/mol. The predicted octanol–water partition coefficient (Wildman–Crippen LogP) is 4.95. The van der Waals surface area contributed by atoms with Crippen LogP contribution in [0.4, 0.5) is 5.69 Å². The van der Waals surface area contributed by atoms with Gasteiger partial charge in [-0.15, -0.1) is 0 Å². The first-order chi connectivity index (χ1) is 12.2. The van der Waals surface area contributed by atoms with Gasteiger partial charge >= 0.3 is 0 Å². The number of nitrogens with one attached hydrogen (secondary N) is 1. The average Bonchev–Trinajstić information content (AvgIpc) is 3.28. The SMILES string of the molecule is COc1ccc(-c2ccc(CNc3ccc4c(c3)OCO4)o2)cc1Cl. The molecule has 3 aromatic rings. The number of fused-ring (bicyclic) bond motifs is 1. The quantitative estimate of drug-likeness (QED) is 0.700. The highest BCUT2D eigenvalue weighted by Crippen LogP contribution is 2.35. The molecule has 0 unspecified atom stereocenters. The van der Waals surface area contributed by atoms with Crippen molar-refractivity contribution in [1.29, 1.82) is 0 Å². The zero-order valence-electron chi connectivity index (χ0n) is 13.5. The van der Waals surface area contributed by atoms with Crippen LogP contribution in [0.3, 0.4) is 0 Å². The summed E-state index contributed by atoms with van der Waals surface area (Å²) in [6.07, 6.45) is 0. The van der Waals surface area contributed by atoms with Gasteiger partial charge in [-0.25, -0.2) is 0 Å². The Kier molecular flexibility index (Phi) is 4.15. The first-order valence-corrected chi connectivity index (χ1v) is 8.17. The van der Waals surface area contributed by atoms with Crippen LogP contribution < -0.4 is 19.5 Å². The molecule has 6 heteroatoms. The standard InChI is InChI=1S/C19H16ClNO4/c1-22-17-5-2-12(8-15(17)20)16-7-4-14(25-16)10-21-13-3-6-18-19(9-13)24-11-23-18/h2-9,21H,10-11H2,1H3. The van der Waals surface area contributed by atoms with Gasteiger partial charge in [-0.2, -0.15) is 0 Å². The molecule has 0 spiro atoms. The molecule has 0 amide bonds. The van der Waals surface area contributed by atoms with Crippen molar-refractivity contribution in [2.24, 2.45) is 0 Å². The highest BCUT2D eigenvalue weighted by molar-refractivity contribution is 6.32. The van der Waals surface area contributed by atoms with Crippen LogP contribution in [0.15, 0.2) is 52.9 Å². The van der Waals surface area contributed by atoms with Gasteiger partial charge in [0, 0.05) is 17.3 Å². The van der Waals surface area contributed by atoms with E-state index in [9.17, 15) is 0 Å². The molecule has 0 saturated heterocycles. The minimum atomic E-state index is 0.269. The van der Waals surface area contributed by atoms with Crippen LogP contribution >= 0.6 is 11.6 Å². The van der Waals surface area contributed by atoms with E-state index in [0.717, 1.165) is 34.3 Å². The number of anilines is 1. The molecule has 4 rings (SSSR count). The zero-order chi connectivity index (χ0) is 17.2. The molecule has 5 nitrogen and oxygen atoms in total. The Bertz CT molecular complexity index is 906. The fourth-order valence-electron chi connectivity index (χ4n) is 2.64. The summed E-state index contributed by atoms with van der Waals surface area (Å²) in [6.45, 7) is 0.828. The Morgan fingerprint density at radius 2 is 1.92 bits per heavy atom. The number of ether oxygens (including phenoxy) is 3. The predicted molar refractivity (Wildman–Crippen MR) is 95.6 cm³/mol. The third-order valence-electron chi connectivity index (χ3n) is 3.94. The van der Waals surface area contributed by atoms with Gasteiger partial charge in [0.25, 0.3) is 0 Å². The van der Waals surface area contributed by atoms with Crippen LogP contribution in [0.25, 0.3) is 11.3 Å². The van der Waals surface area contributed by atoms with Crippen LogP contribution in [0, 0.1) is 0 Å². The van der Waals surface area contributed by atoms with Gasteiger partial charge in [-0.05, 0) is 42.5 Å². The second-order valence-corrected chi connectivity index (χ2v) is 5.94. The molecule has 128 valence electrons. The number of halogens is 1. The minimum Gasteiger partial charge on any atom is -0.495 e. The highest BCUT2D eigenvalue weighted by atomic mass is 35.5. The summed E-state index contributed by atoms with van der Waals surface area (Å²) in [5.74, 6) is 3.73. The van der Waals surface area contributed by atoms with Crippen LogP contribution in [0.1, 0.15) is 5.76 Å². The van der Waals surface area contributed by atoms with Crippen LogP contribution in [0.5, 0.6) is 17.2 Å². The second-order valence-electron chi connectivity index (χ2n) is 5.54. The molecular formula is C19H16ClNO4. The Morgan fingerprint density at radius 1 is 1.04 bits per heavy atom. The van der Waals surface area contributed by atoms with Gasteiger partial charge < -0.3 is 23.9 Å². The number of hydrogen-bond donors (Lipinski definition) is 1.